The number of hydrogen-bond acceptors (Lipinski definition) is 4. The average molecular weight is 279 g/mol. The van der Waals surface area contributed by atoms with E-state index in [2.05, 4.69) is 0 Å². The fourth-order valence-electron chi connectivity index (χ4n) is 1.46. The molecule has 0 saturated heterocycles. The van der Waals surface area contributed by atoms with E-state index in [0.29, 0.717) is 17.9 Å². The first kappa shape index (κ1) is 14.2. The summed E-state index contributed by atoms with van der Waals surface area (Å²) < 4.78 is 27.8. The van der Waals surface area contributed by atoms with Crippen LogP contribution in [0.25, 0.3) is 0 Å². The van der Waals surface area contributed by atoms with E-state index in [4.69, 9.17) is 21.5 Å². The molecular weight excluding hydrogens is 264 g/mol. The Morgan fingerprint density at radius 2 is 2.00 bits per heavy atom. The van der Waals surface area contributed by atoms with Gasteiger partial charge < -0.3 is 9.64 Å². The average Bonchev–Trinajstić information content (AvgIpc) is 2.18. The summed E-state index contributed by atoms with van der Waals surface area (Å²) in [6, 6.07) is 2.89. The lowest BCUT2D eigenvalue weighted by atomic mass is 10.2. The lowest BCUT2D eigenvalue weighted by Crippen LogP contribution is -2.16. The molecule has 0 saturated carbocycles. The molecule has 0 radical (unpaired) electrons. The number of nitrogens with zero attached hydrogens (tertiary/aromatic N) is 1. The van der Waals surface area contributed by atoms with Gasteiger partial charge in [0, 0.05) is 12.1 Å². The molecular formula is C10H15ClN2O3S. The maximum absolute atomic E-state index is 11.3. The monoisotopic (exact) mass is 278 g/mol. The Morgan fingerprint density at radius 3 is 2.41 bits per heavy atom. The molecule has 0 unspecified atom stereocenters. The topological polar surface area (TPSA) is 72.6 Å². The number of rotatable bonds is 4. The number of benzene rings is 1. The minimum absolute atomic E-state index is 0.0863. The molecule has 0 heterocycles. The predicted octanol–water partition coefficient (Wildman–Crippen LogP) is 1.06. The first-order chi connectivity index (χ1) is 7.77. The van der Waals surface area contributed by atoms with Crippen molar-refractivity contribution >= 4 is 21.6 Å². The van der Waals surface area contributed by atoms with Gasteiger partial charge in [-0.2, -0.15) is 0 Å². The number of ether oxygens (including phenoxy) is 1. The smallest absolute Gasteiger partial charge is 0.239 e. The molecule has 2 N–H and O–H groups in total. The molecule has 0 amide bonds. The molecule has 0 fully saturated rings. The van der Waals surface area contributed by atoms with Crippen molar-refractivity contribution in [2.45, 2.75) is 11.4 Å². The third kappa shape index (κ3) is 3.32. The van der Waals surface area contributed by atoms with Crippen molar-refractivity contribution < 1.29 is 13.2 Å². The molecule has 1 aromatic carbocycles. The Morgan fingerprint density at radius 1 is 1.41 bits per heavy atom. The summed E-state index contributed by atoms with van der Waals surface area (Å²) in [7, 11) is 1.37. The molecule has 1 aromatic rings. The van der Waals surface area contributed by atoms with Gasteiger partial charge in [0.15, 0.2) is 0 Å². The van der Waals surface area contributed by atoms with Gasteiger partial charge in [0.2, 0.25) is 10.0 Å². The van der Waals surface area contributed by atoms with Crippen molar-refractivity contribution in [3.8, 4) is 5.75 Å². The minimum atomic E-state index is -3.82. The summed E-state index contributed by atoms with van der Waals surface area (Å²) in [4.78, 5) is 1.77. The lowest BCUT2D eigenvalue weighted by Gasteiger charge is -2.16. The highest BCUT2D eigenvalue weighted by atomic mass is 35.5. The number of nitrogens with two attached hydrogens (primary N) is 1. The zero-order valence-corrected chi connectivity index (χ0v) is 11.5. The highest BCUT2D eigenvalue weighted by Crippen LogP contribution is 2.32. The summed E-state index contributed by atoms with van der Waals surface area (Å²) in [6.07, 6.45) is 0. The van der Waals surface area contributed by atoms with Crippen LogP contribution in [-0.2, 0) is 16.6 Å². The second-order valence-corrected chi connectivity index (χ2v) is 5.75. The Kier molecular flexibility index (Phi) is 4.37. The van der Waals surface area contributed by atoms with Crippen molar-refractivity contribution in [3.63, 3.8) is 0 Å². The van der Waals surface area contributed by atoms with Crippen LogP contribution in [0.3, 0.4) is 0 Å². The molecule has 1 rings (SSSR count). The number of primary sulfonamides is 1. The molecule has 0 aromatic heterocycles. The Labute approximate surface area is 106 Å². The molecule has 0 atom stereocenters. The number of hydrogen-bond donors (Lipinski definition) is 1. The lowest BCUT2D eigenvalue weighted by molar-refractivity contribution is 0.371. The zero-order valence-electron chi connectivity index (χ0n) is 9.90. The van der Waals surface area contributed by atoms with Gasteiger partial charge in [-0.25, -0.2) is 13.6 Å². The quantitative estimate of drug-likeness (QED) is 0.894. The molecule has 0 aliphatic carbocycles. The van der Waals surface area contributed by atoms with E-state index >= 15 is 0 Å². The van der Waals surface area contributed by atoms with Crippen LogP contribution >= 0.6 is 11.6 Å². The van der Waals surface area contributed by atoms with Gasteiger partial charge in [0.05, 0.1) is 12.1 Å². The third-order valence-corrected chi connectivity index (χ3v) is 3.66. The van der Waals surface area contributed by atoms with Crippen LogP contribution < -0.4 is 9.88 Å². The SMILES string of the molecule is COc1ccc(S(N)(=O)=O)c(Cl)c1CN(C)C. The summed E-state index contributed by atoms with van der Waals surface area (Å²) in [5.74, 6) is 0.538. The first-order valence-electron chi connectivity index (χ1n) is 4.80. The van der Waals surface area contributed by atoms with Crippen LogP contribution in [0.4, 0.5) is 0 Å². The van der Waals surface area contributed by atoms with Gasteiger partial charge in [-0.3, -0.25) is 0 Å². The van der Waals surface area contributed by atoms with Crippen LogP contribution in [-0.4, -0.2) is 34.5 Å². The van der Waals surface area contributed by atoms with E-state index < -0.39 is 10.0 Å². The van der Waals surface area contributed by atoms with Crippen LogP contribution in [0.1, 0.15) is 5.56 Å². The van der Waals surface area contributed by atoms with E-state index in [0.717, 1.165) is 0 Å². The maximum Gasteiger partial charge on any atom is 0.239 e. The zero-order chi connectivity index (χ0) is 13.2. The Balaban J connectivity index is 3.43. The fraction of sp³-hybridized carbons (Fsp3) is 0.400. The van der Waals surface area contributed by atoms with Crippen LogP contribution in [0.2, 0.25) is 5.02 Å². The summed E-state index contributed by atoms with van der Waals surface area (Å²) in [6.45, 7) is 0.464. The van der Waals surface area contributed by atoms with Gasteiger partial charge in [0.25, 0.3) is 0 Å². The van der Waals surface area contributed by atoms with Gasteiger partial charge in [-0.05, 0) is 26.2 Å². The molecule has 7 heteroatoms. The summed E-state index contributed by atoms with van der Waals surface area (Å²) >= 11 is 6.06. The second-order valence-electron chi connectivity index (χ2n) is 3.84. The maximum atomic E-state index is 11.3. The number of halogens is 1. The molecule has 0 bridgehead atoms. The minimum Gasteiger partial charge on any atom is -0.496 e. The van der Waals surface area contributed by atoms with Crippen LogP contribution in [0.15, 0.2) is 17.0 Å². The Hall–Kier alpha value is -0.820. The van der Waals surface area contributed by atoms with Crippen LogP contribution in [0, 0.1) is 0 Å². The van der Waals surface area contributed by atoms with Gasteiger partial charge in [0.1, 0.15) is 10.6 Å². The predicted molar refractivity (Wildman–Crippen MR) is 66.8 cm³/mol. The van der Waals surface area contributed by atoms with Gasteiger partial charge in [-0.1, -0.05) is 11.6 Å². The summed E-state index contributed by atoms with van der Waals surface area (Å²) in [5, 5.41) is 5.19. The van der Waals surface area contributed by atoms with Gasteiger partial charge in [-0.15, -0.1) is 0 Å². The van der Waals surface area contributed by atoms with E-state index in [1.54, 1.807) is 6.07 Å². The van der Waals surface area contributed by atoms with Crippen molar-refractivity contribution in [1.29, 1.82) is 0 Å². The van der Waals surface area contributed by atoms with Crippen molar-refractivity contribution in [1.82, 2.24) is 4.90 Å². The Bertz CT molecular complexity index is 515. The van der Waals surface area contributed by atoms with E-state index in [1.165, 1.54) is 13.2 Å². The number of methoxy groups -OCH3 is 1. The van der Waals surface area contributed by atoms with Crippen molar-refractivity contribution in [2.75, 3.05) is 21.2 Å². The second kappa shape index (κ2) is 5.22. The molecule has 0 spiro atoms. The van der Waals surface area contributed by atoms with E-state index in [-0.39, 0.29) is 9.92 Å². The largest absolute Gasteiger partial charge is 0.496 e. The van der Waals surface area contributed by atoms with Crippen molar-refractivity contribution in [2.24, 2.45) is 5.14 Å². The fourth-order valence-corrected chi connectivity index (χ4v) is 2.63. The molecule has 17 heavy (non-hydrogen) atoms. The van der Waals surface area contributed by atoms with E-state index in [9.17, 15) is 8.42 Å². The normalized spacial score (nSPS) is 11.9. The standard InChI is InChI=1S/C10H15ClN2O3S/c1-13(2)6-7-8(16-3)4-5-9(10(7)11)17(12,14)15/h4-5H,6H2,1-3H3,(H2,12,14,15). The van der Waals surface area contributed by atoms with Crippen LogP contribution in [0.5, 0.6) is 5.75 Å². The molecule has 0 aliphatic rings. The highest BCUT2D eigenvalue weighted by Gasteiger charge is 2.19. The van der Waals surface area contributed by atoms with E-state index in [1.807, 2.05) is 19.0 Å². The molecule has 5 nitrogen and oxygen atoms in total. The third-order valence-electron chi connectivity index (χ3n) is 2.17. The van der Waals surface area contributed by atoms with Crippen molar-refractivity contribution in [3.05, 3.63) is 22.7 Å². The number of sulfonamides is 1. The first-order valence-corrected chi connectivity index (χ1v) is 6.72. The molecule has 0 aliphatic heterocycles. The highest BCUT2D eigenvalue weighted by molar-refractivity contribution is 7.89. The molecule has 96 valence electrons. The summed E-state index contributed by atoms with van der Waals surface area (Å²) in [5.41, 5.74) is 0.602. The van der Waals surface area contributed by atoms with Gasteiger partial charge >= 0.3 is 0 Å².